The highest BCUT2D eigenvalue weighted by Gasteiger charge is 2.51. The molecule has 0 spiro atoms. The van der Waals surface area contributed by atoms with Gasteiger partial charge in [-0.05, 0) is 48.7 Å². The summed E-state index contributed by atoms with van der Waals surface area (Å²) in [4.78, 5) is 0. The summed E-state index contributed by atoms with van der Waals surface area (Å²) in [6, 6.07) is 33.3. The van der Waals surface area contributed by atoms with E-state index in [4.69, 9.17) is 4.74 Å². The number of benzene rings is 3. The van der Waals surface area contributed by atoms with E-state index in [2.05, 4.69) is 112 Å². The Morgan fingerprint density at radius 3 is 1.36 bits per heavy atom. The summed E-state index contributed by atoms with van der Waals surface area (Å²) >= 11 is 0. The van der Waals surface area contributed by atoms with Crippen LogP contribution < -0.4 is 15.9 Å². The predicted octanol–water partition coefficient (Wildman–Crippen LogP) is 5.43. The van der Waals surface area contributed by atoms with Crippen LogP contribution in [0.3, 0.4) is 0 Å². The molecule has 3 rings (SSSR count). The first kappa shape index (κ1) is 20.8. The third-order valence-electron chi connectivity index (χ3n) is 5.27. The molecule has 0 aliphatic heterocycles. The zero-order valence-electron chi connectivity index (χ0n) is 17.3. The Balaban J connectivity index is 2.21. The molecule has 0 saturated carbocycles. The molecule has 0 bridgehead atoms. The SMILES string of the molecule is CCC(COCC(C)C)[P+](c1ccccc1)(c1ccccc1)c1ccccc1. The molecular weight excluding hydrogens is 359 g/mol. The van der Waals surface area contributed by atoms with Gasteiger partial charge in [0.2, 0.25) is 0 Å². The monoisotopic (exact) mass is 391 g/mol. The van der Waals surface area contributed by atoms with Gasteiger partial charge >= 0.3 is 0 Å². The summed E-state index contributed by atoms with van der Waals surface area (Å²) in [6.45, 7) is 8.35. The van der Waals surface area contributed by atoms with Crippen LogP contribution in [0.25, 0.3) is 0 Å². The Bertz CT molecular complexity index is 718. The van der Waals surface area contributed by atoms with Crippen molar-refractivity contribution in [3.63, 3.8) is 0 Å². The van der Waals surface area contributed by atoms with E-state index < -0.39 is 7.26 Å². The van der Waals surface area contributed by atoms with Crippen LogP contribution in [-0.2, 0) is 4.74 Å². The molecule has 3 aromatic rings. The molecule has 0 aliphatic rings. The molecule has 0 saturated heterocycles. The third kappa shape index (κ3) is 4.37. The Morgan fingerprint density at radius 1 is 0.643 bits per heavy atom. The van der Waals surface area contributed by atoms with E-state index in [9.17, 15) is 0 Å². The summed E-state index contributed by atoms with van der Waals surface area (Å²) in [6.07, 6.45) is 1.09. The quantitative estimate of drug-likeness (QED) is 0.442. The summed E-state index contributed by atoms with van der Waals surface area (Å²) in [5.74, 6) is 0.551. The van der Waals surface area contributed by atoms with Crippen molar-refractivity contribution in [1.29, 1.82) is 0 Å². The molecule has 3 aromatic carbocycles. The van der Waals surface area contributed by atoms with Gasteiger partial charge in [0, 0.05) is 6.61 Å². The lowest BCUT2D eigenvalue weighted by Gasteiger charge is -2.34. The zero-order chi connectivity index (χ0) is 19.8. The molecule has 1 unspecified atom stereocenters. The largest absolute Gasteiger partial charge is 0.377 e. The highest BCUT2D eigenvalue weighted by atomic mass is 31.2. The van der Waals surface area contributed by atoms with Crippen molar-refractivity contribution in [2.24, 2.45) is 5.92 Å². The van der Waals surface area contributed by atoms with E-state index in [0.717, 1.165) is 19.6 Å². The van der Waals surface area contributed by atoms with E-state index in [1.165, 1.54) is 15.9 Å². The molecule has 0 fully saturated rings. The van der Waals surface area contributed by atoms with Gasteiger partial charge in [-0.3, -0.25) is 0 Å². The average Bonchev–Trinajstić information content (AvgIpc) is 2.75. The van der Waals surface area contributed by atoms with E-state index >= 15 is 0 Å². The van der Waals surface area contributed by atoms with Crippen LogP contribution in [0.1, 0.15) is 27.2 Å². The van der Waals surface area contributed by atoms with Crippen molar-refractivity contribution in [3.05, 3.63) is 91.0 Å². The van der Waals surface area contributed by atoms with Gasteiger partial charge in [0.25, 0.3) is 0 Å². The molecule has 0 N–H and O–H groups in total. The predicted molar refractivity (Wildman–Crippen MR) is 125 cm³/mol. The van der Waals surface area contributed by atoms with Gasteiger partial charge in [-0.15, -0.1) is 0 Å². The fraction of sp³-hybridized carbons (Fsp3) is 0.308. The topological polar surface area (TPSA) is 9.23 Å². The van der Waals surface area contributed by atoms with E-state index in [-0.39, 0.29) is 0 Å². The molecule has 0 aliphatic carbocycles. The van der Waals surface area contributed by atoms with Crippen LogP contribution in [0.15, 0.2) is 91.0 Å². The summed E-state index contributed by atoms with van der Waals surface area (Å²) in [5, 5.41) is 4.31. The second-order valence-electron chi connectivity index (χ2n) is 7.72. The van der Waals surface area contributed by atoms with Gasteiger partial charge < -0.3 is 4.74 Å². The Kier molecular flexibility index (Phi) is 7.43. The standard InChI is InChI=1S/C26H32OP/c1-4-23(21-27-20-22(2)3)28(24-14-8-5-9-15-24,25-16-10-6-11-17-25)26-18-12-7-13-19-26/h5-19,22-23H,4,20-21H2,1-3H3/q+1. The maximum atomic E-state index is 6.25. The molecule has 2 heteroatoms. The molecule has 0 heterocycles. The molecule has 146 valence electrons. The van der Waals surface area contributed by atoms with Crippen molar-refractivity contribution in [2.75, 3.05) is 13.2 Å². The molecule has 0 radical (unpaired) electrons. The Morgan fingerprint density at radius 2 is 1.04 bits per heavy atom. The molecule has 1 nitrogen and oxygen atoms in total. The number of ether oxygens (including phenoxy) is 1. The smallest absolute Gasteiger partial charge is 0.117 e. The minimum atomic E-state index is -1.85. The van der Waals surface area contributed by atoms with Crippen LogP contribution in [-0.4, -0.2) is 18.9 Å². The average molecular weight is 392 g/mol. The highest BCUT2D eigenvalue weighted by Crippen LogP contribution is 2.60. The Hall–Kier alpha value is -1.95. The van der Waals surface area contributed by atoms with E-state index in [1.807, 2.05) is 0 Å². The number of hydrogen-bond donors (Lipinski definition) is 0. The van der Waals surface area contributed by atoms with Crippen LogP contribution in [0.2, 0.25) is 0 Å². The van der Waals surface area contributed by atoms with Crippen molar-refractivity contribution < 1.29 is 4.74 Å². The van der Waals surface area contributed by atoms with Crippen molar-refractivity contribution >= 4 is 23.2 Å². The molecular formula is C26H32OP+. The summed E-state index contributed by atoms with van der Waals surface area (Å²) < 4.78 is 6.25. The van der Waals surface area contributed by atoms with Gasteiger partial charge in [-0.2, -0.15) is 0 Å². The van der Waals surface area contributed by atoms with Gasteiger partial charge in [0.1, 0.15) is 28.8 Å². The van der Waals surface area contributed by atoms with E-state index in [1.54, 1.807) is 0 Å². The molecule has 0 amide bonds. The summed E-state index contributed by atoms with van der Waals surface area (Å²) in [7, 11) is -1.85. The normalized spacial score (nSPS) is 12.9. The maximum absolute atomic E-state index is 6.25. The zero-order valence-corrected chi connectivity index (χ0v) is 18.2. The minimum Gasteiger partial charge on any atom is -0.377 e. The molecule has 0 aromatic heterocycles. The van der Waals surface area contributed by atoms with Crippen LogP contribution >= 0.6 is 7.26 Å². The van der Waals surface area contributed by atoms with Crippen molar-refractivity contribution in [2.45, 2.75) is 32.9 Å². The van der Waals surface area contributed by atoms with Crippen molar-refractivity contribution in [3.8, 4) is 0 Å². The first-order valence-corrected chi connectivity index (χ1v) is 12.2. The second-order valence-corrected chi connectivity index (χ2v) is 11.4. The van der Waals surface area contributed by atoms with Crippen LogP contribution in [0, 0.1) is 5.92 Å². The number of hydrogen-bond acceptors (Lipinski definition) is 1. The maximum Gasteiger partial charge on any atom is 0.117 e. The van der Waals surface area contributed by atoms with Gasteiger partial charge in [0.05, 0.1) is 6.61 Å². The first-order chi connectivity index (χ1) is 13.7. The first-order valence-electron chi connectivity index (χ1n) is 10.3. The lowest BCUT2D eigenvalue weighted by molar-refractivity contribution is 0.109. The number of rotatable bonds is 9. The van der Waals surface area contributed by atoms with Gasteiger partial charge in [-0.1, -0.05) is 75.4 Å². The van der Waals surface area contributed by atoms with Crippen LogP contribution in [0.5, 0.6) is 0 Å². The third-order valence-corrected chi connectivity index (χ3v) is 10.2. The van der Waals surface area contributed by atoms with Gasteiger partial charge in [0.15, 0.2) is 0 Å². The highest BCUT2D eigenvalue weighted by molar-refractivity contribution is 7.96. The summed E-state index contributed by atoms with van der Waals surface area (Å²) in [5.41, 5.74) is 0.443. The lowest BCUT2D eigenvalue weighted by atomic mass is 10.2. The molecule has 1 atom stereocenters. The molecule has 28 heavy (non-hydrogen) atoms. The van der Waals surface area contributed by atoms with Crippen molar-refractivity contribution in [1.82, 2.24) is 0 Å². The van der Waals surface area contributed by atoms with Crippen LogP contribution in [0.4, 0.5) is 0 Å². The van der Waals surface area contributed by atoms with Gasteiger partial charge in [-0.25, -0.2) is 0 Å². The van der Waals surface area contributed by atoms with E-state index in [0.29, 0.717) is 11.6 Å². The lowest BCUT2D eigenvalue weighted by Crippen LogP contribution is -2.40. The fourth-order valence-corrected chi connectivity index (χ4v) is 8.98. The Labute approximate surface area is 171 Å². The second kappa shape index (κ2) is 10.0. The fourth-order valence-electron chi connectivity index (χ4n) is 4.01. The minimum absolute atomic E-state index is 0.443.